The van der Waals surface area contributed by atoms with E-state index in [2.05, 4.69) is 11.9 Å². The second-order valence-electron chi connectivity index (χ2n) is 7.28. The Morgan fingerprint density at radius 2 is 1.55 bits per heavy atom. The number of rotatable bonds is 13. The molecule has 0 aliphatic rings. The van der Waals surface area contributed by atoms with Crippen molar-refractivity contribution in [1.82, 2.24) is 10.2 Å². The number of halogens is 2. The van der Waals surface area contributed by atoms with Gasteiger partial charge in [0.1, 0.15) is 24.7 Å². The molecule has 2 aromatic rings. The maximum atomic E-state index is 12.2. The third-order valence-electron chi connectivity index (χ3n) is 4.57. The van der Waals surface area contributed by atoms with Crippen LogP contribution in [0.3, 0.4) is 0 Å². The van der Waals surface area contributed by atoms with Gasteiger partial charge in [-0.2, -0.15) is 0 Å². The van der Waals surface area contributed by atoms with Crippen molar-refractivity contribution >= 4 is 35.1 Å². The van der Waals surface area contributed by atoms with Crippen LogP contribution in [-0.2, 0) is 14.3 Å². The summed E-state index contributed by atoms with van der Waals surface area (Å²) in [5.41, 5.74) is 0.673. The van der Waals surface area contributed by atoms with Gasteiger partial charge in [0, 0.05) is 28.2 Å². The van der Waals surface area contributed by atoms with E-state index in [0.29, 0.717) is 46.8 Å². The zero-order valence-corrected chi connectivity index (χ0v) is 20.2. The third-order valence-corrected chi connectivity index (χ3v) is 5.08. The molecule has 1 unspecified atom stereocenters. The standard InChI is InChI=1S/C24H28Cl2N2O5/c1-17(27-23(29)16-33-22-10-6-20(26)7-11-22)14-18(2)28(15-24(30)31-3)12-13-32-21-8-4-19(25)5-9-21/h4-11,17H,2,12-16H2,1,3H3,(H,27,29). The van der Waals surface area contributed by atoms with E-state index in [1.807, 2.05) is 6.92 Å². The second kappa shape index (κ2) is 13.6. The number of hydrogen-bond donors (Lipinski definition) is 1. The SMILES string of the molecule is C=C(CC(C)NC(=O)COc1ccc(Cl)cc1)N(CCOc1ccc(Cl)cc1)CC(=O)OC. The van der Waals surface area contributed by atoms with Gasteiger partial charge in [-0.05, 0) is 55.5 Å². The van der Waals surface area contributed by atoms with Crippen molar-refractivity contribution in [2.75, 3.05) is 33.4 Å². The van der Waals surface area contributed by atoms with Crippen molar-refractivity contribution in [2.24, 2.45) is 0 Å². The summed E-state index contributed by atoms with van der Waals surface area (Å²) in [5, 5.41) is 4.08. The van der Waals surface area contributed by atoms with Crippen LogP contribution in [0.5, 0.6) is 11.5 Å². The van der Waals surface area contributed by atoms with Crippen molar-refractivity contribution < 1.29 is 23.8 Å². The molecule has 1 N–H and O–H groups in total. The van der Waals surface area contributed by atoms with Gasteiger partial charge in [0.15, 0.2) is 6.61 Å². The highest BCUT2D eigenvalue weighted by Crippen LogP contribution is 2.17. The van der Waals surface area contributed by atoms with Crippen LogP contribution in [0.4, 0.5) is 0 Å². The fourth-order valence-electron chi connectivity index (χ4n) is 2.90. The lowest BCUT2D eigenvalue weighted by molar-refractivity contribution is -0.141. The molecule has 178 valence electrons. The Kier molecular flexibility index (Phi) is 10.9. The van der Waals surface area contributed by atoms with Crippen molar-refractivity contribution in [3.8, 4) is 11.5 Å². The van der Waals surface area contributed by atoms with Gasteiger partial charge in [-0.1, -0.05) is 29.8 Å². The summed E-state index contributed by atoms with van der Waals surface area (Å²) >= 11 is 11.7. The molecule has 0 fully saturated rings. The summed E-state index contributed by atoms with van der Waals surface area (Å²) in [4.78, 5) is 25.8. The molecule has 0 bridgehead atoms. The minimum Gasteiger partial charge on any atom is -0.492 e. The molecule has 0 radical (unpaired) electrons. The topological polar surface area (TPSA) is 77.1 Å². The van der Waals surface area contributed by atoms with E-state index in [1.165, 1.54) is 7.11 Å². The summed E-state index contributed by atoms with van der Waals surface area (Å²) in [7, 11) is 1.33. The van der Waals surface area contributed by atoms with Crippen molar-refractivity contribution in [1.29, 1.82) is 0 Å². The number of hydrogen-bond acceptors (Lipinski definition) is 6. The minimum absolute atomic E-state index is 0.0274. The Hall–Kier alpha value is -2.90. The van der Waals surface area contributed by atoms with Crippen LogP contribution in [0.25, 0.3) is 0 Å². The molecule has 0 aliphatic heterocycles. The summed E-state index contributed by atoms with van der Waals surface area (Å²) < 4.78 is 16.0. The number of ether oxygens (including phenoxy) is 3. The lowest BCUT2D eigenvalue weighted by atomic mass is 10.1. The molecule has 7 nitrogen and oxygen atoms in total. The first kappa shape index (κ1) is 26.4. The van der Waals surface area contributed by atoms with E-state index in [0.717, 1.165) is 0 Å². The first-order valence-electron chi connectivity index (χ1n) is 10.3. The second-order valence-corrected chi connectivity index (χ2v) is 8.15. The van der Waals surface area contributed by atoms with Crippen LogP contribution >= 0.6 is 23.2 Å². The van der Waals surface area contributed by atoms with Crippen molar-refractivity contribution in [3.05, 3.63) is 70.9 Å². The van der Waals surface area contributed by atoms with E-state index in [9.17, 15) is 9.59 Å². The lowest BCUT2D eigenvalue weighted by Gasteiger charge is -2.27. The highest BCUT2D eigenvalue weighted by atomic mass is 35.5. The van der Waals surface area contributed by atoms with Crippen molar-refractivity contribution in [2.45, 2.75) is 19.4 Å². The average molecular weight is 495 g/mol. The Morgan fingerprint density at radius 3 is 2.09 bits per heavy atom. The molecule has 0 saturated heterocycles. The van der Waals surface area contributed by atoms with Crippen LogP contribution in [0.15, 0.2) is 60.8 Å². The van der Waals surface area contributed by atoms with Gasteiger partial charge < -0.3 is 24.4 Å². The molecule has 0 aliphatic carbocycles. The predicted octanol–water partition coefficient (Wildman–Crippen LogP) is 4.33. The maximum absolute atomic E-state index is 12.2. The van der Waals surface area contributed by atoms with Crippen LogP contribution < -0.4 is 14.8 Å². The number of benzene rings is 2. The summed E-state index contributed by atoms with van der Waals surface area (Å²) in [6, 6.07) is 13.6. The Morgan fingerprint density at radius 1 is 1.00 bits per heavy atom. The number of esters is 1. The molecule has 2 rings (SSSR count). The van der Waals surface area contributed by atoms with Gasteiger partial charge in [-0.15, -0.1) is 0 Å². The normalized spacial score (nSPS) is 11.3. The molecule has 2 aromatic carbocycles. The van der Waals surface area contributed by atoms with E-state index in [1.54, 1.807) is 53.4 Å². The number of carbonyl (C=O) groups is 2. The third kappa shape index (κ3) is 10.1. The first-order chi connectivity index (χ1) is 15.8. The van der Waals surface area contributed by atoms with Gasteiger partial charge in [0.05, 0.1) is 13.7 Å². The van der Waals surface area contributed by atoms with Gasteiger partial charge in [0.25, 0.3) is 5.91 Å². The molecule has 1 atom stereocenters. The first-order valence-corrected chi connectivity index (χ1v) is 11.1. The minimum atomic E-state index is -0.393. The molecule has 1 amide bonds. The zero-order chi connectivity index (χ0) is 24.2. The zero-order valence-electron chi connectivity index (χ0n) is 18.7. The molecule has 9 heteroatoms. The molecule has 33 heavy (non-hydrogen) atoms. The fraction of sp³-hybridized carbons (Fsp3) is 0.333. The maximum Gasteiger partial charge on any atom is 0.325 e. The molecule has 0 heterocycles. The van der Waals surface area contributed by atoms with Crippen LogP contribution in [0.2, 0.25) is 10.0 Å². The van der Waals surface area contributed by atoms with Crippen LogP contribution in [0, 0.1) is 0 Å². The van der Waals surface area contributed by atoms with Crippen LogP contribution in [-0.4, -0.2) is 56.2 Å². The highest BCUT2D eigenvalue weighted by Gasteiger charge is 2.17. The number of nitrogens with zero attached hydrogens (tertiary/aromatic N) is 1. The smallest absolute Gasteiger partial charge is 0.325 e. The quantitative estimate of drug-likeness (QED) is 0.417. The molecule has 0 spiro atoms. The lowest BCUT2D eigenvalue weighted by Crippen LogP contribution is -2.39. The number of nitrogens with one attached hydrogen (secondary N) is 1. The van der Waals surface area contributed by atoms with E-state index >= 15 is 0 Å². The number of carbonyl (C=O) groups excluding carboxylic acids is 2. The summed E-state index contributed by atoms with van der Waals surface area (Å²) in [5.74, 6) is 0.562. The highest BCUT2D eigenvalue weighted by molar-refractivity contribution is 6.30. The van der Waals surface area contributed by atoms with Gasteiger partial charge >= 0.3 is 5.97 Å². The monoisotopic (exact) mass is 494 g/mol. The molecular weight excluding hydrogens is 467 g/mol. The Labute approximate surface area is 204 Å². The van der Waals surface area contributed by atoms with E-state index < -0.39 is 5.97 Å². The summed E-state index contributed by atoms with van der Waals surface area (Å²) in [6.07, 6.45) is 0.435. The number of methoxy groups -OCH3 is 1. The summed E-state index contributed by atoms with van der Waals surface area (Å²) in [6.45, 7) is 6.57. The predicted molar refractivity (Wildman–Crippen MR) is 129 cm³/mol. The van der Waals surface area contributed by atoms with E-state index in [-0.39, 0.29) is 25.1 Å². The largest absolute Gasteiger partial charge is 0.492 e. The van der Waals surface area contributed by atoms with Crippen LogP contribution in [0.1, 0.15) is 13.3 Å². The molecule has 0 aromatic heterocycles. The van der Waals surface area contributed by atoms with Gasteiger partial charge in [0.2, 0.25) is 0 Å². The van der Waals surface area contributed by atoms with Crippen molar-refractivity contribution in [3.63, 3.8) is 0 Å². The van der Waals surface area contributed by atoms with Gasteiger partial charge in [-0.3, -0.25) is 9.59 Å². The average Bonchev–Trinajstić information content (AvgIpc) is 2.79. The molecular formula is C24H28Cl2N2O5. The fourth-order valence-corrected chi connectivity index (χ4v) is 3.16. The molecule has 0 saturated carbocycles. The Bertz CT molecular complexity index is 919. The van der Waals surface area contributed by atoms with E-state index in [4.69, 9.17) is 37.4 Å². The van der Waals surface area contributed by atoms with Gasteiger partial charge in [-0.25, -0.2) is 0 Å². The Balaban J connectivity index is 1.82. The number of amides is 1.